The number of benzene rings is 4. The molecular formula is C58H76ClN13O13S2. The fourth-order valence-corrected chi connectivity index (χ4v) is 11.2. The molecule has 1 heterocycles. The third-order valence-corrected chi connectivity index (χ3v) is 16.4. The van der Waals surface area contributed by atoms with Crippen LogP contribution in [0.5, 0.6) is 11.5 Å². The molecule has 11 amide bonds. The maximum Gasteiger partial charge on any atom is 0.312 e. The zero-order valence-electron chi connectivity index (χ0n) is 47.8. The Morgan fingerprint density at radius 3 is 1.78 bits per heavy atom. The van der Waals surface area contributed by atoms with Crippen LogP contribution in [-0.2, 0) is 68.8 Å². The number of carbonyl (C=O) groups excluding carboxylic acids is 10. The van der Waals surface area contributed by atoms with Crippen LogP contribution in [0.15, 0.2) is 97.1 Å². The van der Waals surface area contributed by atoms with E-state index in [-0.39, 0.29) is 87.5 Å². The van der Waals surface area contributed by atoms with Crippen LogP contribution in [0.25, 0.3) is 0 Å². The molecule has 9 atom stereocenters. The standard InChI is InChI=1S/C58H76ClN13O13S2/c1-32(73)49-57(84)71-47(56(83)68-43(50(62)77)27-35-11-20-39(74)21-12-35)31-87-86-30-46(66-48(76)24-15-33-7-16-37(59)17-8-33)55(82)70-45(29-36-13-22-40(75)23-14-36)54(81)69-44(53(80)67-42(52(79)72-49)6-2-3-25-60)28-34-9-18-38(19-10-34)65-51(78)41(61)5-4-26-64-58(63)85/h7-14,16-23,32,41-47,49,73-75H,2-6,15,24-31,60-61H2,1H3,(H2,62,77)(H,65,78)(H,66,76)(H,67,80)(H,68,83)(H,69,81)(H,70,82)(H,71,84)(H,72,79)(H3,63,64,85)/t32?,41-,42-,43+,44+,45-,46+,47-,49?/m0/s1. The van der Waals surface area contributed by atoms with Crippen LogP contribution in [-0.4, -0.2) is 154 Å². The summed E-state index contributed by atoms with van der Waals surface area (Å²) in [7, 11) is 1.95. The fourth-order valence-electron chi connectivity index (χ4n) is 8.78. The number of carbonyl (C=O) groups is 10. The van der Waals surface area contributed by atoms with E-state index in [2.05, 4.69) is 47.9 Å². The van der Waals surface area contributed by atoms with E-state index in [0.29, 0.717) is 40.2 Å². The maximum atomic E-state index is 14.9. The molecule has 0 saturated carbocycles. The van der Waals surface area contributed by atoms with Crippen LogP contribution < -0.4 is 70.8 Å². The summed E-state index contributed by atoms with van der Waals surface area (Å²) < 4.78 is 0. The van der Waals surface area contributed by atoms with Crippen molar-refractivity contribution in [2.75, 3.05) is 29.9 Å². The molecule has 20 N–H and O–H groups in total. The fraction of sp³-hybridized carbons (Fsp3) is 0.414. The average Bonchev–Trinajstić information content (AvgIpc) is 3.36. The lowest BCUT2D eigenvalue weighted by Gasteiger charge is -2.29. The number of nitrogens with two attached hydrogens (primary N) is 4. The quantitative estimate of drug-likeness (QED) is 0.0322. The predicted molar refractivity (Wildman–Crippen MR) is 329 cm³/mol. The molecule has 1 saturated heterocycles. The van der Waals surface area contributed by atoms with Gasteiger partial charge in [-0.1, -0.05) is 81.7 Å². The van der Waals surface area contributed by atoms with Crippen LogP contribution >= 0.6 is 33.2 Å². The average molecular weight is 1260 g/mol. The van der Waals surface area contributed by atoms with Gasteiger partial charge < -0.3 is 86.1 Å². The van der Waals surface area contributed by atoms with Gasteiger partial charge in [0, 0.05) is 54.4 Å². The summed E-state index contributed by atoms with van der Waals surface area (Å²) in [6.45, 7) is 1.61. The van der Waals surface area contributed by atoms with Crippen molar-refractivity contribution in [2.45, 2.75) is 126 Å². The van der Waals surface area contributed by atoms with Crippen molar-refractivity contribution in [3.63, 3.8) is 0 Å². The van der Waals surface area contributed by atoms with Crippen LogP contribution in [0.4, 0.5) is 10.5 Å². The first-order chi connectivity index (χ1) is 41.5. The smallest absolute Gasteiger partial charge is 0.312 e. The molecule has 1 aliphatic rings. The molecule has 26 nitrogen and oxygen atoms in total. The number of phenolic OH excluding ortho intramolecular Hbond substituents is 2. The van der Waals surface area contributed by atoms with E-state index in [4.69, 9.17) is 34.5 Å². The Bertz CT molecular complexity index is 2990. The van der Waals surface area contributed by atoms with Crippen LogP contribution in [0, 0.1) is 0 Å². The molecule has 29 heteroatoms. The Morgan fingerprint density at radius 2 is 1.21 bits per heavy atom. The van der Waals surface area contributed by atoms with Crippen molar-refractivity contribution in [3.05, 3.63) is 124 Å². The molecule has 5 rings (SSSR count). The van der Waals surface area contributed by atoms with Crippen molar-refractivity contribution in [3.8, 4) is 11.5 Å². The Balaban J connectivity index is 1.54. The summed E-state index contributed by atoms with van der Waals surface area (Å²) >= 11 is 6.08. The van der Waals surface area contributed by atoms with Gasteiger partial charge in [0.15, 0.2) is 0 Å². The zero-order chi connectivity index (χ0) is 63.6. The Hall–Kier alpha value is -8.15. The predicted octanol–water partition coefficient (Wildman–Crippen LogP) is -0.0901. The van der Waals surface area contributed by atoms with Gasteiger partial charge in [-0.15, -0.1) is 0 Å². The number of aliphatic hydroxyl groups excluding tert-OH is 1. The summed E-state index contributed by atoms with van der Waals surface area (Å²) in [6.07, 6.45) is -0.914. The number of unbranched alkanes of at least 4 members (excludes halogenated alkanes) is 1. The lowest BCUT2D eigenvalue weighted by Crippen LogP contribution is -2.62. The van der Waals surface area contributed by atoms with Gasteiger partial charge in [-0.25, -0.2) is 4.79 Å². The van der Waals surface area contributed by atoms with E-state index >= 15 is 0 Å². The summed E-state index contributed by atoms with van der Waals surface area (Å²) in [4.78, 5) is 138. The number of amides is 11. The molecule has 0 aromatic heterocycles. The van der Waals surface area contributed by atoms with Crippen molar-refractivity contribution < 1.29 is 63.3 Å². The van der Waals surface area contributed by atoms with Crippen molar-refractivity contribution in [2.24, 2.45) is 22.9 Å². The normalized spacial score (nSPS) is 20.1. The molecule has 0 spiro atoms. The van der Waals surface area contributed by atoms with Crippen LogP contribution in [0.2, 0.25) is 5.02 Å². The number of phenols is 2. The summed E-state index contributed by atoms with van der Waals surface area (Å²) in [6, 6.07) is 12.4. The number of hydrogen-bond acceptors (Lipinski definition) is 17. The molecule has 0 radical (unpaired) electrons. The lowest BCUT2D eigenvalue weighted by molar-refractivity contribution is -0.136. The minimum absolute atomic E-state index is 0.0545. The zero-order valence-corrected chi connectivity index (χ0v) is 50.2. The van der Waals surface area contributed by atoms with E-state index in [9.17, 15) is 63.3 Å². The van der Waals surface area contributed by atoms with E-state index in [0.717, 1.165) is 27.2 Å². The highest BCUT2D eigenvalue weighted by Crippen LogP contribution is 2.25. The molecule has 470 valence electrons. The van der Waals surface area contributed by atoms with Gasteiger partial charge in [0.05, 0.1) is 12.1 Å². The molecule has 4 aromatic carbocycles. The minimum atomic E-state index is -1.77. The number of urea groups is 1. The molecule has 87 heavy (non-hydrogen) atoms. The highest BCUT2D eigenvalue weighted by Gasteiger charge is 2.36. The molecule has 4 aromatic rings. The van der Waals surface area contributed by atoms with Gasteiger partial charge in [-0.2, -0.15) is 0 Å². The summed E-state index contributed by atoms with van der Waals surface area (Å²) in [5.41, 5.74) is 25.2. The SMILES string of the molecule is CC(O)C1NC(=O)[C@H](CCCCN)NC(=O)[C@@H](Cc2ccc(NC(=O)[C@@H](N)CCCNC(N)=O)cc2)NC(=O)[C@H](Cc2ccc(O)cc2)NC(=O)[C@H](NC(=O)CCc2ccc(Cl)cc2)CSSC[C@@H](C(=O)N[C@H](Cc2ccc(O)cc2)C(N)=O)NC1=O. The molecular weight excluding hydrogens is 1190 g/mol. The van der Waals surface area contributed by atoms with E-state index in [1.165, 1.54) is 67.6 Å². The Kier molecular flexibility index (Phi) is 28.4. The first-order valence-electron chi connectivity index (χ1n) is 28.0. The molecule has 0 aliphatic carbocycles. The van der Waals surface area contributed by atoms with Gasteiger partial charge in [0.1, 0.15) is 53.8 Å². The number of nitrogens with one attached hydrogen (secondary N) is 9. The molecule has 1 aliphatic heterocycles. The third-order valence-electron chi connectivity index (χ3n) is 13.7. The number of anilines is 1. The van der Waals surface area contributed by atoms with Gasteiger partial charge in [-0.3, -0.25) is 43.2 Å². The maximum absolute atomic E-state index is 14.9. The van der Waals surface area contributed by atoms with Crippen molar-refractivity contribution >= 4 is 98.1 Å². The van der Waals surface area contributed by atoms with Crippen LogP contribution in [0.3, 0.4) is 0 Å². The lowest BCUT2D eigenvalue weighted by atomic mass is 10.0. The topological polar surface area (TPSA) is 444 Å². The second-order valence-corrected chi connectivity index (χ2v) is 23.7. The first-order valence-corrected chi connectivity index (χ1v) is 30.9. The monoisotopic (exact) mass is 1260 g/mol. The Labute approximate surface area is 515 Å². The second-order valence-electron chi connectivity index (χ2n) is 20.7. The highest BCUT2D eigenvalue weighted by atomic mass is 35.5. The van der Waals surface area contributed by atoms with E-state index in [1.807, 2.05) is 0 Å². The van der Waals surface area contributed by atoms with Gasteiger partial charge >= 0.3 is 6.03 Å². The largest absolute Gasteiger partial charge is 0.508 e. The third kappa shape index (κ3) is 24.3. The summed E-state index contributed by atoms with van der Waals surface area (Å²) in [5.74, 6) is -8.29. The van der Waals surface area contributed by atoms with Crippen LogP contribution in [0.1, 0.15) is 67.7 Å². The second kappa shape index (κ2) is 35.5. The number of halogens is 1. The number of rotatable bonds is 24. The van der Waals surface area contributed by atoms with Gasteiger partial charge in [-0.05, 0) is 123 Å². The minimum Gasteiger partial charge on any atom is -0.508 e. The van der Waals surface area contributed by atoms with Crippen molar-refractivity contribution in [1.29, 1.82) is 0 Å². The van der Waals surface area contributed by atoms with Gasteiger partial charge in [0.2, 0.25) is 53.2 Å². The number of aryl methyl sites for hydroxylation is 1. The van der Waals surface area contributed by atoms with Crippen molar-refractivity contribution in [1.82, 2.24) is 42.5 Å². The number of aliphatic hydroxyl groups is 1. The highest BCUT2D eigenvalue weighted by molar-refractivity contribution is 8.76. The number of primary amides is 2. The molecule has 2 unspecified atom stereocenters. The number of hydrogen-bond donors (Lipinski definition) is 16. The van der Waals surface area contributed by atoms with E-state index < -0.39 is 114 Å². The molecule has 0 bridgehead atoms. The number of aromatic hydroxyl groups is 2. The Morgan fingerprint density at radius 1 is 0.667 bits per heavy atom. The van der Waals surface area contributed by atoms with E-state index in [1.54, 1.807) is 36.4 Å². The molecule has 1 fully saturated rings. The van der Waals surface area contributed by atoms with Gasteiger partial charge in [0.25, 0.3) is 0 Å². The first kappa shape index (κ1) is 69.6. The summed E-state index contributed by atoms with van der Waals surface area (Å²) in [5, 5.41) is 55.2.